The Bertz CT molecular complexity index is 235. The molecule has 0 aromatic carbocycles. The number of rotatable bonds is 4. The van der Waals surface area contributed by atoms with Gasteiger partial charge in [-0.15, -0.1) is 6.58 Å². The molecule has 0 spiro atoms. The maximum absolute atomic E-state index is 11.4. The molecule has 0 radical (unpaired) electrons. The number of hydrogen-bond acceptors (Lipinski definition) is 2. The molecule has 0 aliphatic carbocycles. The van der Waals surface area contributed by atoms with Gasteiger partial charge < -0.3 is 0 Å². The van der Waals surface area contributed by atoms with Crippen LogP contribution in [0.3, 0.4) is 0 Å². The second kappa shape index (κ2) is 4.21. The van der Waals surface area contributed by atoms with Crippen molar-refractivity contribution in [2.45, 2.75) is 25.7 Å². The number of allylic oxidation sites excluding steroid dienone is 1. The molecule has 1 rings (SSSR count). The number of amides is 2. The van der Waals surface area contributed by atoms with Crippen molar-refractivity contribution in [1.29, 1.82) is 0 Å². The van der Waals surface area contributed by atoms with Crippen molar-refractivity contribution < 1.29 is 9.59 Å². The zero-order valence-electron chi connectivity index (χ0n) is 7.95. The zero-order valence-corrected chi connectivity index (χ0v) is 7.95. The average molecular weight is 181 g/mol. The predicted octanol–water partition coefficient (Wildman–Crippen LogP) is 1.35. The maximum atomic E-state index is 11.4. The van der Waals surface area contributed by atoms with E-state index in [2.05, 4.69) is 6.58 Å². The first kappa shape index (κ1) is 9.96. The minimum atomic E-state index is -0.0718. The number of carbonyl (C=O) groups is 2. The van der Waals surface area contributed by atoms with Crippen LogP contribution in [-0.2, 0) is 9.59 Å². The summed E-state index contributed by atoms with van der Waals surface area (Å²) in [4.78, 5) is 23.7. The fourth-order valence-corrected chi connectivity index (χ4v) is 1.57. The van der Waals surface area contributed by atoms with E-state index >= 15 is 0 Å². The van der Waals surface area contributed by atoms with Crippen molar-refractivity contribution in [1.82, 2.24) is 4.90 Å². The molecule has 72 valence electrons. The average Bonchev–Trinajstić information content (AvgIpc) is 2.34. The van der Waals surface area contributed by atoms with Gasteiger partial charge in [-0.2, -0.15) is 0 Å². The van der Waals surface area contributed by atoms with Crippen LogP contribution < -0.4 is 0 Å². The topological polar surface area (TPSA) is 37.4 Å². The zero-order chi connectivity index (χ0) is 9.84. The molecule has 0 N–H and O–H groups in total. The van der Waals surface area contributed by atoms with Gasteiger partial charge in [0.2, 0.25) is 11.8 Å². The quantitative estimate of drug-likeness (QED) is 0.373. The molecule has 1 fully saturated rings. The number of likely N-dealkylation sites (tertiary alicyclic amines) is 1. The van der Waals surface area contributed by atoms with Gasteiger partial charge in [0.1, 0.15) is 0 Å². The van der Waals surface area contributed by atoms with Gasteiger partial charge in [0.25, 0.3) is 0 Å². The number of carbonyl (C=O) groups excluding carboxylic acids is 2. The number of hydrogen-bond donors (Lipinski definition) is 0. The first-order valence-corrected chi connectivity index (χ1v) is 4.58. The van der Waals surface area contributed by atoms with Crippen LogP contribution in [0, 0.1) is 5.92 Å². The van der Waals surface area contributed by atoms with Crippen molar-refractivity contribution in [3.63, 3.8) is 0 Å². The Morgan fingerprint density at radius 3 is 2.77 bits per heavy atom. The molecule has 1 heterocycles. The van der Waals surface area contributed by atoms with Crippen LogP contribution in [0.4, 0.5) is 0 Å². The van der Waals surface area contributed by atoms with E-state index < -0.39 is 0 Å². The molecule has 3 heteroatoms. The molecule has 1 saturated heterocycles. The molecule has 1 atom stereocenters. The number of imide groups is 1. The van der Waals surface area contributed by atoms with E-state index in [1.165, 1.54) is 4.90 Å². The Morgan fingerprint density at radius 1 is 1.62 bits per heavy atom. The van der Waals surface area contributed by atoms with Gasteiger partial charge in [-0.1, -0.05) is 6.08 Å². The van der Waals surface area contributed by atoms with E-state index in [4.69, 9.17) is 0 Å². The summed E-state index contributed by atoms with van der Waals surface area (Å²) in [6, 6.07) is 0. The first-order chi connectivity index (χ1) is 6.16. The maximum Gasteiger partial charge on any atom is 0.232 e. The molecular weight excluding hydrogens is 166 g/mol. The number of unbranched alkanes of at least 4 members (excludes halogenated alkanes) is 1. The van der Waals surface area contributed by atoms with Gasteiger partial charge in [0, 0.05) is 19.4 Å². The van der Waals surface area contributed by atoms with Crippen molar-refractivity contribution >= 4 is 11.8 Å². The van der Waals surface area contributed by atoms with Gasteiger partial charge in [-0.05, 0) is 19.3 Å². The fraction of sp³-hybridized carbons (Fsp3) is 0.600. The van der Waals surface area contributed by atoms with E-state index in [1.54, 1.807) is 7.05 Å². The van der Waals surface area contributed by atoms with Crippen molar-refractivity contribution in [2.75, 3.05) is 7.05 Å². The van der Waals surface area contributed by atoms with Crippen LogP contribution in [0.25, 0.3) is 0 Å². The SMILES string of the molecule is C=CCCCC1CC(=O)N(C)C1=O. The van der Waals surface area contributed by atoms with Gasteiger partial charge in [0.15, 0.2) is 0 Å². The first-order valence-electron chi connectivity index (χ1n) is 4.58. The van der Waals surface area contributed by atoms with Gasteiger partial charge in [0.05, 0.1) is 0 Å². The number of nitrogens with zero attached hydrogens (tertiary/aromatic N) is 1. The van der Waals surface area contributed by atoms with Gasteiger partial charge in [-0.3, -0.25) is 14.5 Å². The molecule has 0 aromatic heterocycles. The van der Waals surface area contributed by atoms with Crippen LogP contribution in [0.2, 0.25) is 0 Å². The van der Waals surface area contributed by atoms with Crippen molar-refractivity contribution in [3.8, 4) is 0 Å². The summed E-state index contributed by atoms with van der Waals surface area (Å²) in [5, 5.41) is 0. The highest BCUT2D eigenvalue weighted by Gasteiger charge is 2.34. The lowest BCUT2D eigenvalue weighted by molar-refractivity contribution is -0.137. The monoisotopic (exact) mass is 181 g/mol. The summed E-state index contributed by atoms with van der Waals surface area (Å²) in [7, 11) is 1.55. The summed E-state index contributed by atoms with van der Waals surface area (Å²) in [5.74, 6) is -0.139. The third kappa shape index (κ3) is 2.17. The molecule has 0 aromatic rings. The highest BCUT2D eigenvalue weighted by Crippen LogP contribution is 2.22. The minimum absolute atomic E-state index is 0.0194. The second-order valence-corrected chi connectivity index (χ2v) is 3.41. The van der Waals surface area contributed by atoms with Gasteiger partial charge >= 0.3 is 0 Å². The normalized spacial score (nSPS) is 22.5. The smallest absolute Gasteiger partial charge is 0.232 e. The van der Waals surface area contributed by atoms with Crippen molar-refractivity contribution in [3.05, 3.63) is 12.7 Å². The summed E-state index contributed by atoms with van der Waals surface area (Å²) < 4.78 is 0. The fourth-order valence-electron chi connectivity index (χ4n) is 1.57. The molecule has 0 saturated carbocycles. The Kier molecular flexibility index (Phi) is 3.23. The highest BCUT2D eigenvalue weighted by atomic mass is 16.2. The van der Waals surface area contributed by atoms with Crippen molar-refractivity contribution in [2.24, 2.45) is 5.92 Å². The lowest BCUT2D eigenvalue weighted by atomic mass is 10.0. The molecule has 1 aliphatic heterocycles. The third-order valence-electron chi connectivity index (χ3n) is 2.44. The molecule has 3 nitrogen and oxygen atoms in total. The van der Waals surface area contributed by atoms with E-state index in [-0.39, 0.29) is 17.7 Å². The predicted molar refractivity (Wildman–Crippen MR) is 49.9 cm³/mol. The Balaban J connectivity index is 2.40. The van der Waals surface area contributed by atoms with E-state index in [9.17, 15) is 9.59 Å². The molecule has 13 heavy (non-hydrogen) atoms. The molecular formula is C10H15NO2. The summed E-state index contributed by atoms with van der Waals surface area (Å²) in [6.07, 6.45) is 4.90. The van der Waals surface area contributed by atoms with Crippen LogP contribution in [-0.4, -0.2) is 23.8 Å². The van der Waals surface area contributed by atoms with Crippen LogP contribution >= 0.6 is 0 Å². The van der Waals surface area contributed by atoms with E-state index in [0.717, 1.165) is 19.3 Å². The molecule has 2 amide bonds. The largest absolute Gasteiger partial charge is 0.285 e. The lowest BCUT2D eigenvalue weighted by Crippen LogP contribution is -2.25. The standard InChI is InChI=1S/C10H15NO2/c1-3-4-5-6-8-7-9(12)11(2)10(8)13/h3,8H,1,4-7H2,2H3. The lowest BCUT2D eigenvalue weighted by Gasteiger charge is -2.07. The molecule has 1 unspecified atom stereocenters. The van der Waals surface area contributed by atoms with Crippen LogP contribution in [0.15, 0.2) is 12.7 Å². The Labute approximate surface area is 78.4 Å². The Morgan fingerprint density at radius 2 is 2.31 bits per heavy atom. The van der Waals surface area contributed by atoms with E-state index in [1.807, 2.05) is 6.08 Å². The van der Waals surface area contributed by atoms with Gasteiger partial charge in [-0.25, -0.2) is 0 Å². The summed E-state index contributed by atoms with van der Waals surface area (Å²) >= 11 is 0. The molecule has 1 aliphatic rings. The van der Waals surface area contributed by atoms with Crippen LogP contribution in [0.5, 0.6) is 0 Å². The minimum Gasteiger partial charge on any atom is -0.285 e. The Hall–Kier alpha value is -1.12. The van der Waals surface area contributed by atoms with Crippen LogP contribution in [0.1, 0.15) is 25.7 Å². The second-order valence-electron chi connectivity index (χ2n) is 3.41. The molecule has 0 bridgehead atoms. The van der Waals surface area contributed by atoms with E-state index in [0.29, 0.717) is 6.42 Å². The third-order valence-corrected chi connectivity index (χ3v) is 2.44. The highest BCUT2D eigenvalue weighted by molar-refractivity contribution is 6.03. The summed E-state index contributed by atoms with van der Waals surface area (Å²) in [6.45, 7) is 3.61. The summed E-state index contributed by atoms with van der Waals surface area (Å²) in [5.41, 5.74) is 0.